The van der Waals surface area contributed by atoms with E-state index < -0.39 is 0 Å². The molecule has 1 rings (SSSR count). The lowest BCUT2D eigenvalue weighted by molar-refractivity contribution is -0.120. The molecule has 4 heteroatoms. The van der Waals surface area contributed by atoms with E-state index in [1.54, 1.807) is 0 Å². The molecular formula is C10H20N2OS. The second kappa shape index (κ2) is 6.30. The lowest BCUT2D eigenvalue weighted by Gasteiger charge is -2.22. The van der Waals surface area contributed by atoms with Crippen molar-refractivity contribution >= 4 is 17.7 Å². The Kier molecular flexibility index (Phi) is 5.33. The summed E-state index contributed by atoms with van der Waals surface area (Å²) in [6, 6.07) is 0.775. The highest BCUT2D eigenvalue weighted by Crippen LogP contribution is 2.16. The Labute approximate surface area is 90.4 Å². The number of carbonyl (C=O) groups excluding carboxylic acids is 1. The number of carbonyl (C=O) groups is 1. The first kappa shape index (κ1) is 11.9. The first-order valence-corrected chi connectivity index (χ1v) is 6.44. The average Bonchev–Trinajstić information content (AvgIpc) is 2.16. The summed E-state index contributed by atoms with van der Waals surface area (Å²) in [6.45, 7) is 4.53. The van der Waals surface area contributed by atoms with Crippen molar-refractivity contribution in [3.8, 4) is 0 Å². The van der Waals surface area contributed by atoms with Crippen molar-refractivity contribution in [2.75, 3.05) is 18.1 Å². The summed E-state index contributed by atoms with van der Waals surface area (Å²) >= 11 is 1.93. The van der Waals surface area contributed by atoms with Crippen molar-refractivity contribution in [2.24, 2.45) is 0 Å². The largest absolute Gasteiger partial charge is 0.351 e. The summed E-state index contributed by atoms with van der Waals surface area (Å²) in [4.78, 5) is 11.4. The van der Waals surface area contributed by atoms with Gasteiger partial charge in [0.05, 0.1) is 6.54 Å². The maximum absolute atomic E-state index is 11.4. The van der Waals surface area contributed by atoms with Gasteiger partial charge in [0, 0.05) is 17.8 Å². The quantitative estimate of drug-likeness (QED) is 0.736. The molecule has 1 unspecified atom stereocenters. The fourth-order valence-corrected chi connectivity index (χ4v) is 2.50. The molecule has 0 aromatic carbocycles. The topological polar surface area (TPSA) is 41.1 Å². The van der Waals surface area contributed by atoms with Crippen LogP contribution in [-0.4, -0.2) is 36.0 Å². The molecule has 0 bridgehead atoms. The van der Waals surface area contributed by atoms with E-state index in [0.29, 0.717) is 18.6 Å². The molecule has 1 atom stereocenters. The lowest BCUT2D eigenvalue weighted by atomic mass is 10.2. The molecule has 1 amide bonds. The highest BCUT2D eigenvalue weighted by atomic mass is 32.2. The van der Waals surface area contributed by atoms with Gasteiger partial charge in [-0.15, -0.1) is 0 Å². The summed E-state index contributed by atoms with van der Waals surface area (Å²) in [6.07, 6.45) is 2.37. The SMILES string of the molecule is CC(C)NCC(=O)NC1CCCSC1. The minimum Gasteiger partial charge on any atom is -0.351 e. The van der Waals surface area contributed by atoms with Gasteiger partial charge in [-0.25, -0.2) is 0 Å². The number of amides is 1. The van der Waals surface area contributed by atoms with Crippen LogP contribution in [0.3, 0.4) is 0 Å². The van der Waals surface area contributed by atoms with E-state index in [1.807, 2.05) is 25.6 Å². The Bertz CT molecular complexity index is 179. The second-order valence-corrected chi connectivity index (χ2v) is 5.17. The minimum atomic E-state index is 0.131. The van der Waals surface area contributed by atoms with Gasteiger partial charge in [0.15, 0.2) is 0 Å². The molecule has 0 saturated carbocycles. The van der Waals surface area contributed by atoms with Gasteiger partial charge in [0.2, 0.25) is 5.91 Å². The molecule has 2 N–H and O–H groups in total. The van der Waals surface area contributed by atoms with Gasteiger partial charge >= 0.3 is 0 Å². The third kappa shape index (κ3) is 4.86. The van der Waals surface area contributed by atoms with Crippen LogP contribution >= 0.6 is 11.8 Å². The molecule has 1 saturated heterocycles. The second-order valence-electron chi connectivity index (χ2n) is 4.02. The molecule has 1 aliphatic heterocycles. The average molecular weight is 216 g/mol. The fraction of sp³-hybridized carbons (Fsp3) is 0.900. The van der Waals surface area contributed by atoms with Crippen molar-refractivity contribution in [2.45, 2.75) is 38.8 Å². The van der Waals surface area contributed by atoms with E-state index in [4.69, 9.17) is 0 Å². The fourth-order valence-electron chi connectivity index (χ4n) is 1.43. The Morgan fingerprint density at radius 1 is 1.57 bits per heavy atom. The standard InChI is InChI=1S/C10H20N2OS/c1-8(2)11-6-10(13)12-9-4-3-5-14-7-9/h8-9,11H,3-7H2,1-2H3,(H,12,13). The van der Waals surface area contributed by atoms with Crippen molar-refractivity contribution in [1.29, 1.82) is 0 Å². The van der Waals surface area contributed by atoms with Crippen LogP contribution in [0.5, 0.6) is 0 Å². The Morgan fingerprint density at radius 2 is 2.36 bits per heavy atom. The van der Waals surface area contributed by atoms with Gasteiger partial charge in [-0.1, -0.05) is 13.8 Å². The zero-order chi connectivity index (χ0) is 10.4. The Morgan fingerprint density at radius 3 is 2.93 bits per heavy atom. The summed E-state index contributed by atoms with van der Waals surface area (Å²) in [5.74, 6) is 2.45. The monoisotopic (exact) mass is 216 g/mol. The Balaban J connectivity index is 2.12. The molecule has 3 nitrogen and oxygen atoms in total. The van der Waals surface area contributed by atoms with Crippen LogP contribution in [0.1, 0.15) is 26.7 Å². The van der Waals surface area contributed by atoms with E-state index in [1.165, 1.54) is 12.2 Å². The number of rotatable bonds is 4. The van der Waals surface area contributed by atoms with Gasteiger partial charge in [0.25, 0.3) is 0 Å². The van der Waals surface area contributed by atoms with E-state index >= 15 is 0 Å². The molecule has 0 aromatic rings. The van der Waals surface area contributed by atoms with Crippen LogP contribution in [-0.2, 0) is 4.79 Å². The van der Waals surface area contributed by atoms with Crippen LogP contribution in [0.25, 0.3) is 0 Å². The highest BCUT2D eigenvalue weighted by molar-refractivity contribution is 7.99. The molecule has 1 heterocycles. The van der Waals surface area contributed by atoms with Crippen LogP contribution in [0.15, 0.2) is 0 Å². The maximum Gasteiger partial charge on any atom is 0.234 e. The summed E-state index contributed by atoms with van der Waals surface area (Å²) in [5.41, 5.74) is 0. The first-order valence-electron chi connectivity index (χ1n) is 5.29. The maximum atomic E-state index is 11.4. The van der Waals surface area contributed by atoms with Crippen molar-refractivity contribution in [1.82, 2.24) is 10.6 Å². The molecule has 1 fully saturated rings. The van der Waals surface area contributed by atoms with Gasteiger partial charge < -0.3 is 10.6 Å². The molecular weight excluding hydrogens is 196 g/mol. The minimum absolute atomic E-state index is 0.131. The predicted octanol–water partition coefficient (Wildman–Crippen LogP) is 0.996. The van der Waals surface area contributed by atoms with Crippen LogP contribution in [0.4, 0.5) is 0 Å². The third-order valence-electron chi connectivity index (χ3n) is 2.20. The van der Waals surface area contributed by atoms with Crippen molar-refractivity contribution in [3.05, 3.63) is 0 Å². The molecule has 82 valence electrons. The summed E-state index contributed by atoms with van der Waals surface area (Å²) in [7, 11) is 0. The number of hydrogen-bond donors (Lipinski definition) is 2. The zero-order valence-electron chi connectivity index (χ0n) is 9.01. The number of nitrogens with one attached hydrogen (secondary N) is 2. The van der Waals surface area contributed by atoms with Crippen molar-refractivity contribution < 1.29 is 4.79 Å². The lowest BCUT2D eigenvalue weighted by Crippen LogP contribution is -2.43. The highest BCUT2D eigenvalue weighted by Gasteiger charge is 2.15. The van der Waals surface area contributed by atoms with Gasteiger partial charge in [0.1, 0.15) is 0 Å². The molecule has 0 aliphatic carbocycles. The first-order chi connectivity index (χ1) is 6.68. The van der Waals surface area contributed by atoms with Crippen LogP contribution in [0, 0.1) is 0 Å². The van der Waals surface area contributed by atoms with E-state index in [0.717, 1.165) is 12.2 Å². The van der Waals surface area contributed by atoms with Crippen LogP contribution < -0.4 is 10.6 Å². The molecule has 0 radical (unpaired) electrons. The summed E-state index contributed by atoms with van der Waals surface area (Å²) < 4.78 is 0. The summed E-state index contributed by atoms with van der Waals surface area (Å²) in [5, 5.41) is 6.17. The van der Waals surface area contributed by atoms with Gasteiger partial charge in [-0.3, -0.25) is 4.79 Å². The van der Waals surface area contributed by atoms with Gasteiger partial charge in [-0.05, 0) is 18.6 Å². The van der Waals surface area contributed by atoms with E-state index in [-0.39, 0.29) is 5.91 Å². The molecule has 14 heavy (non-hydrogen) atoms. The number of hydrogen-bond acceptors (Lipinski definition) is 3. The molecule has 1 aliphatic rings. The van der Waals surface area contributed by atoms with Gasteiger partial charge in [-0.2, -0.15) is 11.8 Å². The van der Waals surface area contributed by atoms with E-state index in [9.17, 15) is 4.79 Å². The van der Waals surface area contributed by atoms with Crippen LogP contribution in [0.2, 0.25) is 0 Å². The molecule has 0 spiro atoms. The molecule has 0 aromatic heterocycles. The van der Waals surface area contributed by atoms with Crippen molar-refractivity contribution in [3.63, 3.8) is 0 Å². The number of thioether (sulfide) groups is 1. The smallest absolute Gasteiger partial charge is 0.234 e. The van der Waals surface area contributed by atoms with E-state index in [2.05, 4.69) is 10.6 Å². The Hall–Kier alpha value is -0.220. The zero-order valence-corrected chi connectivity index (χ0v) is 9.82. The predicted molar refractivity (Wildman–Crippen MR) is 61.6 cm³/mol. The normalized spacial score (nSPS) is 22.4. The third-order valence-corrected chi connectivity index (χ3v) is 3.41.